The maximum absolute atomic E-state index is 14.3. The van der Waals surface area contributed by atoms with E-state index in [2.05, 4.69) is 81.4 Å². The molecule has 0 amide bonds. The Labute approximate surface area is 312 Å². The topological polar surface area (TPSA) is 63.2 Å². The van der Waals surface area contributed by atoms with E-state index >= 15 is 0 Å². The predicted molar refractivity (Wildman–Crippen MR) is 213 cm³/mol. The first-order chi connectivity index (χ1) is 24.7. The van der Waals surface area contributed by atoms with Crippen LogP contribution < -0.4 is 9.47 Å². The highest BCUT2D eigenvalue weighted by molar-refractivity contribution is 6.07. The standard InChI is InChI=1S/C45H74O6/c1-11-22-35(16-6)47-42-31-32-45(50-38(19-9)25-14-4,51-39(20-10)26-15-5)33-34(42)29-30-41(46)40-27-21-28-43(48-36(17-7)23-12-2)44(40)49-37(18-8)24-13-3/h21,27-31,33,35-39H,11-20,22-26,32H2,1-10H3. The molecule has 6 nitrogen and oxygen atoms in total. The molecule has 6 heteroatoms. The molecule has 0 spiro atoms. The molecule has 0 aliphatic heterocycles. The highest BCUT2D eigenvalue weighted by Crippen LogP contribution is 2.38. The first-order valence-electron chi connectivity index (χ1n) is 20.8. The molecule has 1 aliphatic carbocycles. The van der Waals surface area contributed by atoms with Crippen LogP contribution in [-0.2, 0) is 14.2 Å². The van der Waals surface area contributed by atoms with Gasteiger partial charge in [0, 0.05) is 12.0 Å². The number of rotatable bonds is 28. The highest BCUT2D eigenvalue weighted by atomic mass is 16.7. The van der Waals surface area contributed by atoms with Gasteiger partial charge in [-0.3, -0.25) is 4.79 Å². The van der Waals surface area contributed by atoms with Gasteiger partial charge in [-0.05, 0) is 101 Å². The van der Waals surface area contributed by atoms with Crippen molar-refractivity contribution in [3.8, 4) is 11.5 Å². The minimum atomic E-state index is -0.946. The van der Waals surface area contributed by atoms with Crippen molar-refractivity contribution in [3.05, 3.63) is 59.4 Å². The zero-order chi connectivity index (χ0) is 37.6. The molecule has 5 unspecified atom stereocenters. The molecule has 51 heavy (non-hydrogen) atoms. The minimum absolute atomic E-state index is 0.00533. The lowest BCUT2D eigenvalue weighted by Crippen LogP contribution is -2.42. The quantitative estimate of drug-likeness (QED) is 0.0490. The number of carbonyl (C=O) groups excluding carboxylic acids is 1. The molecule has 0 fully saturated rings. The maximum Gasteiger partial charge on any atom is 0.193 e. The number of para-hydroxylation sites is 1. The Morgan fingerprint density at radius 2 is 1.12 bits per heavy atom. The molecule has 0 N–H and O–H groups in total. The molecule has 1 aliphatic rings. The summed E-state index contributed by atoms with van der Waals surface area (Å²) in [6, 6.07) is 5.69. The first-order valence-corrected chi connectivity index (χ1v) is 20.8. The zero-order valence-electron chi connectivity index (χ0n) is 34.2. The molecule has 0 bridgehead atoms. The lowest BCUT2D eigenvalue weighted by molar-refractivity contribution is -0.251. The van der Waals surface area contributed by atoms with Crippen LogP contribution >= 0.6 is 0 Å². The summed E-state index contributed by atoms with van der Waals surface area (Å²) in [7, 11) is 0. The largest absolute Gasteiger partial charge is 0.490 e. The van der Waals surface area contributed by atoms with Gasteiger partial charge < -0.3 is 23.7 Å². The van der Waals surface area contributed by atoms with Gasteiger partial charge in [-0.15, -0.1) is 0 Å². The molecule has 0 saturated heterocycles. The molecule has 1 aromatic carbocycles. The smallest absolute Gasteiger partial charge is 0.193 e. The lowest BCUT2D eigenvalue weighted by Gasteiger charge is -2.39. The van der Waals surface area contributed by atoms with E-state index in [1.165, 1.54) is 0 Å². The Bertz CT molecular complexity index is 1200. The summed E-state index contributed by atoms with van der Waals surface area (Å²) < 4.78 is 33.7. The van der Waals surface area contributed by atoms with E-state index in [1.807, 2.05) is 24.3 Å². The molecular weight excluding hydrogens is 636 g/mol. The van der Waals surface area contributed by atoms with Crippen molar-refractivity contribution in [2.75, 3.05) is 0 Å². The van der Waals surface area contributed by atoms with Crippen LogP contribution in [0.1, 0.15) is 182 Å². The van der Waals surface area contributed by atoms with E-state index in [0.717, 1.165) is 108 Å². The third kappa shape index (κ3) is 14.4. The van der Waals surface area contributed by atoms with Gasteiger partial charge >= 0.3 is 0 Å². The summed E-state index contributed by atoms with van der Waals surface area (Å²) in [6.45, 7) is 21.7. The Morgan fingerprint density at radius 3 is 1.61 bits per heavy atom. The van der Waals surface area contributed by atoms with Gasteiger partial charge in [0.15, 0.2) is 23.1 Å². The van der Waals surface area contributed by atoms with Crippen LogP contribution in [0.4, 0.5) is 0 Å². The lowest BCUT2D eigenvalue weighted by atomic mass is 9.96. The van der Waals surface area contributed by atoms with E-state index in [1.54, 1.807) is 6.08 Å². The Hall–Kier alpha value is -2.57. The first kappa shape index (κ1) is 44.6. The van der Waals surface area contributed by atoms with Crippen molar-refractivity contribution >= 4 is 5.78 Å². The number of ketones is 1. The monoisotopic (exact) mass is 711 g/mol. The summed E-state index contributed by atoms with van der Waals surface area (Å²) in [5.41, 5.74) is 1.31. The molecular formula is C45H74O6. The van der Waals surface area contributed by atoms with Crippen LogP contribution in [0.5, 0.6) is 11.5 Å². The molecule has 290 valence electrons. The molecule has 1 aromatic rings. The Kier molecular flexibility index (Phi) is 21.5. The van der Waals surface area contributed by atoms with E-state index in [0.29, 0.717) is 23.5 Å². The summed E-state index contributed by atoms with van der Waals surface area (Å²) in [5.74, 6) is 0.872. The number of allylic oxidation sites excluding steroid dienone is 2. The van der Waals surface area contributed by atoms with Gasteiger partial charge in [0.25, 0.3) is 0 Å². The van der Waals surface area contributed by atoms with Crippen LogP contribution in [0, 0.1) is 0 Å². The average Bonchev–Trinajstić information content (AvgIpc) is 3.14. The second-order valence-electron chi connectivity index (χ2n) is 14.2. The van der Waals surface area contributed by atoms with Crippen LogP contribution in [0.25, 0.3) is 0 Å². The van der Waals surface area contributed by atoms with E-state index in [4.69, 9.17) is 23.7 Å². The zero-order valence-corrected chi connectivity index (χ0v) is 34.2. The summed E-state index contributed by atoms with van der Waals surface area (Å²) >= 11 is 0. The predicted octanol–water partition coefficient (Wildman–Crippen LogP) is 13.0. The number of benzene rings is 1. The summed E-state index contributed by atoms with van der Waals surface area (Å²) in [5, 5.41) is 0. The fraction of sp³-hybridized carbons (Fsp3) is 0.711. The number of hydrogen-bond donors (Lipinski definition) is 0. The van der Waals surface area contributed by atoms with Gasteiger partial charge in [0.05, 0.1) is 36.1 Å². The van der Waals surface area contributed by atoms with E-state index in [-0.39, 0.29) is 36.3 Å². The van der Waals surface area contributed by atoms with E-state index < -0.39 is 5.79 Å². The molecule has 0 aromatic heterocycles. The van der Waals surface area contributed by atoms with Gasteiger partial charge in [0.1, 0.15) is 5.76 Å². The van der Waals surface area contributed by atoms with E-state index in [9.17, 15) is 4.79 Å². The van der Waals surface area contributed by atoms with Crippen molar-refractivity contribution < 1.29 is 28.5 Å². The van der Waals surface area contributed by atoms with Crippen LogP contribution in [0.15, 0.2) is 53.8 Å². The van der Waals surface area contributed by atoms with Crippen LogP contribution in [0.2, 0.25) is 0 Å². The molecule has 5 atom stereocenters. The fourth-order valence-electron chi connectivity index (χ4n) is 6.77. The molecule has 0 heterocycles. The van der Waals surface area contributed by atoms with Gasteiger partial charge in [-0.1, -0.05) is 107 Å². The third-order valence-corrected chi connectivity index (χ3v) is 9.82. The molecule has 0 radical (unpaired) electrons. The molecule has 0 saturated carbocycles. The number of hydrogen-bond acceptors (Lipinski definition) is 6. The fourth-order valence-corrected chi connectivity index (χ4v) is 6.77. The van der Waals surface area contributed by atoms with Gasteiger partial charge in [-0.2, -0.15) is 0 Å². The summed E-state index contributed by atoms with van der Waals surface area (Å²) in [6.07, 6.45) is 22.9. The van der Waals surface area contributed by atoms with Gasteiger partial charge in [0.2, 0.25) is 0 Å². The van der Waals surface area contributed by atoms with Gasteiger partial charge in [-0.25, -0.2) is 0 Å². The Morgan fingerprint density at radius 1 is 0.647 bits per heavy atom. The van der Waals surface area contributed by atoms with Crippen molar-refractivity contribution in [2.45, 2.75) is 208 Å². The second kappa shape index (κ2) is 24.6. The number of ether oxygens (including phenoxy) is 5. The SMILES string of the molecule is CCCC(CC)OC1=CCC(OC(CC)CCC)(OC(CC)CCC)C=C1C=CC(=O)c1cccc(OC(CC)CCC)c1OC(CC)CCC. The molecule has 2 rings (SSSR count). The van der Waals surface area contributed by atoms with Crippen molar-refractivity contribution in [2.24, 2.45) is 0 Å². The Balaban J connectivity index is 2.69. The average molecular weight is 711 g/mol. The second-order valence-corrected chi connectivity index (χ2v) is 14.2. The van der Waals surface area contributed by atoms with Crippen molar-refractivity contribution in [1.82, 2.24) is 0 Å². The summed E-state index contributed by atoms with van der Waals surface area (Å²) in [4.78, 5) is 14.3. The van der Waals surface area contributed by atoms with Crippen LogP contribution in [-0.4, -0.2) is 42.1 Å². The van der Waals surface area contributed by atoms with Crippen molar-refractivity contribution in [1.29, 1.82) is 0 Å². The number of carbonyl (C=O) groups is 1. The normalized spacial score (nSPS) is 19.2. The maximum atomic E-state index is 14.3. The highest BCUT2D eigenvalue weighted by Gasteiger charge is 2.38. The third-order valence-electron chi connectivity index (χ3n) is 9.82. The van der Waals surface area contributed by atoms with Crippen LogP contribution in [0.3, 0.4) is 0 Å². The van der Waals surface area contributed by atoms with Crippen molar-refractivity contribution in [3.63, 3.8) is 0 Å². The minimum Gasteiger partial charge on any atom is -0.490 e.